The van der Waals surface area contributed by atoms with E-state index in [4.69, 9.17) is 4.74 Å². The molecule has 0 radical (unpaired) electrons. The number of methoxy groups -OCH3 is 1. The molecule has 4 nitrogen and oxygen atoms in total. The molecule has 1 saturated carbocycles. The van der Waals surface area contributed by atoms with Crippen molar-refractivity contribution in [2.24, 2.45) is 5.92 Å². The van der Waals surface area contributed by atoms with Crippen LogP contribution in [0, 0.1) is 5.92 Å². The van der Waals surface area contributed by atoms with Crippen molar-refractivity contribution in [2.45, 2.75) is 63.6 Å². The Morgan fingerprint density at radius 1 is 1.33 bits per heavy atom. The molecule has 2 aliphatic rings. The molecule has 1 aliphatic heterocycles. The first-order valence-corrected chi connectivity index (χ1v) is 7.14. The lowest BCUT2D eigenvalue weighted by Gasteiger charge is -2.47. The molecule has 4 heteroatoms. The number of carbonyl (C=O) groups is 1. The Morgan fingerprint density at radius 2 is 2.06 bits per heavy atom. The van der Waals surface area contributed by atoms with E-state index in [-0.39, 0.29) is 12.1 Å². The standard InChI is InChI=1S/C14H25NO3/c1-10(18-2)9-15-12-6-4-3-5-11(12)7-8-13(15)14(16)17/h10-13H,3-9H2,1-2H3,(H,16,17). The summed E-state index contributed by atoms with van der Waals surface area (Å²) in [6.45, 7) is 2.76. The summed E-state index contributed by atoms with van der Waals surface area (Å²) >= 11 is 0. The second-order valence-electron chi connectivity index (χ2n) is 5.79. The van der Waals surface area contributed by atoms with Crippen LogP contribution in [-0.4, -0.2) is 47.8 Å². The maximum Gasteiger partial charge on any atom is 0.320 e. The first-order chi connectivity index (χ1) is 8.63. The Labute approximate surface area is 109 Å². The fourth-order valence-corrected chi connectivity index (χ4v) is 3.63. The fourth-order valence-electron chi connectivity index (χ4n) is 3.63. The van der Waals surface area contributed by atoms with E-state index in [1.807, 2.05) is 6.92 Å². The number of ether oxygens (including phenoxy) is 1. The summed E-state index contributed by atoms with van der Waals surface area (Å²) in [5.74, 6) is 0.0423. The molecule has 4 unspecified atom stereocenters. The van der Waals surface area contributed by atoms with Gasteiger partial charge in [0.05, 0.1) is 6.10 Å². The molecule has 4 atom stereocenters. The van der Waals surface area contributed by atoms with E-state index >= 15 is 0 Å². The van der Waals surface area contributed by atoms with Gasteiger partial charge in [0.25, 0.3) is 0 Å². The van der Waals surface area contributed by atoms with Gasteiger partial charge in [-0.25, -0.2) is 0 Å². The van der Waals surface area contributed by atoms with Crippen molar-refractivity contribution in [3.05, 3.63) is 0 Å². The highest BCUT2D eigenvalue weighted by atomic mass is 16.5. The van der Waals surface area contributed by atoms with E-state index in [1.54, 1.807) is 7.11 Å². The second-order valence-corrected chi connectivity index (χ2v) is 5.79. The molecule has 1 aliphatic carbocycles. The van der Waals surface area contributed by atoms with Gasteiger partial charge >= 0.3 is 5.97 Å². The average Bonchev–Trinajstić information content (AvgIpc) is 2.38. The molecule has 1 saturated heterocycles. The van der Waals surface area contributed by atoms with Crippen LogP contribution in [0.2, 0.25) is 0 Å². The smallest absolute Gasteiger partial charge is 0.320 e. The minimum atomic E-state index is -0.665. The van der Waals surface area contributed by atoms with Gasteiger partial charge in [-0.2, -0.15) is 0 Å². The maximum atomic E-state index is 11.4. The number of carboxylic acid groups (broad SMARTS) is 1. The van der Waals surface area contributed by atoms with Crippen LogP contribution in [0.25, 0.3) is 0 Å². The van der Waals surface area contributed by atoms with Gasteiger partial charge in [0.1, 0.15) is 6.04 Å². The van der Waals surface area contributed by atoms with Gasteiger partial charge in [-0.3, -0.25) is 9.69 Å². The van der Waals surface area contributed by atoms with Crippen molar-refractivity contribution in [1.82, 2.24) is 4.90 Å². The van der Waals surface area contributed by atoms with Gasteiger partial charge < -0.3 is 9.84 Å². The molecule has 1 heterocycles. The number of likely N-dealkylation sites (tertiary alicyclic amines) is 1. The van der Waals surface area contributed by atoms with Crippen molar-refractivity contribution in [1.29, 1.82) is 0 Å². The van der Waals surface area contributed by atoms with Crippen LogP contribution in [0.3, 0.4) is 0 Å². The number of fused-ring (bicyclic) bond motifs is 1. The van der Waals surface area contributed by atoms with E-state index in [2.05, 4.69) is 4.90 Å². The van der Waals surface area contributed by atoms with Crippen molar-refractivity contribution in [3.63, 3.8) is 0 Å². The van der Waals surface area contributed by atoms with Gasteiger partial charge in [-0.05, 0) is 38.5 Å². The Bertz CT molecular complexity index is 295. The summed E-state index contributed by atoms with van der Waals surface area (Å²) < 4.78 is 5.33. The topological polar surface area (TPSA) is 49.8 Å². The highest BCUT2D eigenvalue weighted by Gasteiger charge is 2.41. The Kier molecular flexibility index (Phi) is 4.62. The summed E-state index contributed by atoms with van der Waals surface area (Å²) in [5.41, 5.74) is 0. The number of piperidine rings is 1. The minimum Gasteiger partial charge on any atom is -0.480 e. The van der Waals surface area contributed by atoms with Gasteiger partial charge in [0, 0.05) is 19.7 Å². The predicted octanol–water partition coefficient (Wildman–Crippen LogP) is 2.13. The molecular weight excluding hydrogens is 230 g/mol. The third-order valence-electron chi connectivity index (χ3n) is 4.66. The van der Waals surface area contributed by atoms with Crippen LogP contribution in [0.15, 0.2) is 0 Å². The first-order valence-electron chi connectivity index (χ1n) is 7.14. The molecule has 0 aromatic heterocycles. The molecule has 0 bridgehead atoms. The van der Waals surface area contributed by atoms with Crippen molar-refractivity contribution >= 4 is 5.97 Å². The number of hydrogen-bond donors (Lipinski definition) is 1. The largest absolute Gasteiger partial charge is 0.480 e. The van der Waals surface area contributed by atoms with Crippen LogP contribution in [0.5, 0.6) is 0 Å². The maximum absolute atomic E-state index is 11.4. The summed E-state index contributed by atoms with van der Waals surface area (Å²) in [7, 11) is 1.70. The lowest BCUT2D eigenvalue weighted by molar-refractivity contribution is -0.149. The van der Waals surface area contributed by atoms with Crippen LogP contribution in [0.4, 0.5) is 0 Å². The Hall–Kier alpha value is -0.610. The Balaban J connectivity index is 2.11. The van der Waals surface area contributed by atoms with E-state index in [1.165, 1.54) is 19.3 Å². The zero-order chi connectivity index (χ0) is 13.1. The molecule has 2 fully saturated rings. The molecule has 0 amide bonds. The van der Waals surface area contributed by atoms with E-state index in [0.717, 1.165) is 25.8 Å². The fraction of sp³-hybridized carbons (Fsp3) is 0.929. The quantitative estimate of drug-likeness (QED) is 0.836. The van der Waals surface area contributed by atoms with Gasteiger partial charge in [-0.1, -0.05) is 12.8 Å². The van der Waals surface area contributed by atoms with Crippen LogP contribution < -0.4 is 0 Å². The monoisotopic (exact) mass is 255 g/mol. The number of carboxylic acids is 1. The summed E-state index contributed by atoms with van der Waals surface area (Å²) in [4.78, 5) is 13.6. The summed E-state index contributed by atoms with van der Waals surface area (Å²) in [6, 6.07) is 0.160. The Morgan fingerprint density at radius 3 is 2.72 bits per heavy atom. The highest BCUT2D eigenvalue weighted by Crippen LogP contribution is 2.38. The molecule has 0 spiro atoms. The first kappa shape index (κ1) is 13.8. The van der Waals surface area contributed by atoms with E-state index < -0.39 is 5.97 Å². The second kappa shape index (κ2) is 6.02. The minimum absolute atomic E-state index is 0.104. The zero-order valence-corrected chi connectivity index (χ0v) is 11.5. The molecule has 0 aromatic carbocycles. The number of nitrogens with zero attached hydrogens (tertiary/aromatic N) is 1. The summed E-state index contributed by atoms with van der Waals surface area (Å²) in [6.07, 6.45) is 6.97. The average molecular weight is 255 g/mol. The molecule has 0 aromatic rings. The van der Waals surface area contributed by atoms with Gasteiger partial charge in [0.2, 0.25) is 0 Å². The van der Waals surface area contributed by atoms with Crippen LogP contribution >= 0.6 is 0 Å². The van der Waals surface area contributed by atoms with Gasteiger partial charge in [-0.15, -0.1) is 0 Å². The normalized spacial score (nSPS) is 34.9. The molecule has 1 N–H and O–H groups in total. The van der Waals surface area contributed by atoms with Gasteiger partial charge in [0.15, 0.2) is 0 Å². The van der Waals surface area contributed by atoms with Crippen molar-refractivity contribution in [2.75, 3.05) is 13.7 Å². The molecule has 18 heavy (non-hydrogen) atoms. The number of aliphatic carboxylic acids is 1. The number of rotatable bonds is 4. The van der Waals surface area contributed by atoms with E-state index in [9.17, 15) is 9.90 Å². The zero-order valence-electron chi connectivity index (χ0n) is 11.5. The number of hydrogen-bond acceptors (Lipinski definition) is 3. The third-order valence-corrected chi connectivity index (χ3v) is 4.66. The van der Waals surface area contributed by atoms with Crippen LogP contribution in [0.1, 0.15) is 45.4 Å². The highest BCUT2D eigenvalue weighted by molar-refractivity contribution is 5.73. The lowest BCUT2D eigenvalue weighted by atomic mass is 9.76. The molecule has 104 valence electrons. The SMILES string of the molecule is COC(C)CN1C(C(=O)O)CCC2CCCCC21. The van der Waals surface area contributed by atoms with E-state index in [0.29, 0.717) is 12.0 Å². The molecule has 2 rings (SSSR count). The molecular formula is C14H25NO3. The van der Waals surface area contributed by atoms with Crippen molar-refractivity contribution < 1.29 is 14.6 Å². The lowest BCUT2D eigenvalue weighted by Crippen LogP contribution is -2.56. The van der Waals surface area contributed by atoms with Crippen molar-refractivity contribution in [3.8, 4) is 0 Å². The summed E-state index contributed by atoms with van der Waals surface area (Å²) in [5, 5.41) is 9.40. The predicted molar refractivity (Wildman–Crippen MR) is 69.6 cm³/mol. The third kappa shape index (κ3) is 2.86. The van der Waals surface area contributed by atoms with Crippen LogP contribution in [-0.2, 0) is 9.53 Å².